The van der Waals surface area contributed by atoms with Crippen LogP contribution in [0.4, 0.5) is 0 Å². The third-order valence-electron chi connectivity index (χ3n) is 17.4. The van der Waals surface area contributed by atoms with E-state index in [1.165, 1.54) is 173 Å². The molecular weight excluding hydrogens is 869 g/mol. The second-order valence-corrected chi connectivity index (χ2v) is 40.1. The fraction of sp³-hybridized carbons (Fsp3) is 0.677. The van der Waals surface area contributed by atoms with Gasteiger partial charge in [-0.05, 0) is 132 Å². The van der Waals surface area contributed by atoms with Crippen LogP contribution in [0.1, 0.15) is 206 Å². The minimum atomic E-state index is -1.79. The number of benzene rings is 2. The summed E-state index contributed by atoms with van der Waals surface area (Å²) in [6, 6.07) is 20.6. The zero-order valence-electron chi connectivity index (χ0n) is 43.4. The Morgan fingerprint density at radius 2 is 1.11 bits per heavy atom. The molecule has 0 aromatic heterocycles. The summed E-state index contributed by atoms with van der Waals surface area (Å²) in [4.78, 5) is 0. The molecular formula is C62H97P4+. The van der Waals surface area contributed by atoms with Gasteiger partial charge in [0.2, 0.25) is 0 Å². The molecule has 1 heterocycles. The van der Waals surface area contributed by atoms with E-state index in [-0.39, 0.29) is 19.8 Å². The molecule has 364 valence electrons. The Bertz CT molecular complexity index is 1860. The van der Waals surface area contributed by atoms with Gasteiger partial charge in [-0.3, -0.25) is 0 Å². The van der Waals surface area contributed by atoms with E-state index < -0.39 is 14.6 Å². The Balaban J connectivity index is 1.49. The molecule has 1 aliphatic heterocycles. The van der Waals surface area contributed by atoms with Crippen LogP contribution in [0.15, 0.2) is 97.1 Å². The van der Waals surface area contributed by atoms with E-state index in [9.17, 15) is 0 Å². The summed E-state index contributed by atoms with van der Waals surface area (Å²) in [5.41, 5.74) is 4.99. The van der Waals surface area contributed by atoms with Gasteiger partial charge in [-0.15, -0.1) is 0 Å². The quantitative estimate of drug-likeness (QED) is 0.0563. The Morgan fingerprint density at radius 3 is 1.80 bits per heavy atom. The van der Waals surface area contributed by atoms with Crippen molar-refractivity contribution in [2.45, 2.75) is 225 Å². The van der Waals surface area contributed by atoms with Crippen molar-refractivity contribution in [3.8, 4) is 0 Å². The fourth-order valence-electron chi connectivity index (χ4n) is 14.3. The summed E-state index contributed by atoms with van der Waals surface area (Å²) in [6.07, 6.45) is 61.7. The van der Waals surface area contributed by atoms with Crippen molar-refractivity contribution in [2.24, 2.45) is 29.6 Å². The molecule has 3 fully saturated rings. The van der Waals surface area contributed by atoms with E-state index in [0.717, 1.165) is 35.0 Å². The van der Waals surface area contributed by atoms with E-state index in [0.29, 0.717) is 5.92 Å². The number of fused-ring (bicyclic) bond motifs is 1. The Kier molecular flexibility index (Phi) is 21.7. The van der Waals surface area contributed by atoms with Crippen LogP contribution in [0.3, 0.4) is 0 Å². The van der Waals surface area contributed by atoms with Gasteiger partial charge < -0.3 is 0 Å². The van der Waals surface area contributed by atoms with Crippen molar-refractivity contribution in [2.75, 3.05) is 12.3 Å². The van der Waals surface area contributed by atoms with Crippen LogP contribution in [0.5, 0.6) is 0 Å². The molecule has 0 amide bonds. The Morgan fingerprint density at radius 1 is 0.545 bits per heavy atom. The molecule has 0 N–H and O–H groups in total. The van der Waals surface area contributed by atoms with Crippen molar-refractivity contribution in [3.05, 3.63) is 108 Å². The van der Waals surface area contributed by atoms with Crippen molar-refractivity contribution in [3.63, 3.8) is 0 Å². The second kappa shape index (κ2) is 27.1. The molecule has 12 atom stereocenters. The summed E-state index contributed by atoms with van der Waals surface area (Å²) >= 11 is 0. The summed E-state index contributed by atoms with van der Waals surface area (Å²) in [7, 11) is -0.937. The standard InChI is InChI=1S/C62H97P4/c1-7-11-15-18-20-22-24-36-48-66(59-45-32-28-38-52(59)6)61-55(41-26-17-13-9-3)50-56-42-33-34-46-62(56,61)64(58-44-31-27-37-51(58)5)63(47-35-23-21-19-16-12-8-2)65(66)60-54(40-25-14-10-4)49-53-39-29-30-43-57(53)60/h27-34,37-39,42-46,53-57,60-61H,7-26,35-36,40-41,47-50H2,1-6H3/q+1. The number of allylic oxidation sites excluding steroid dienone is 8. The third kappa shape index (κ3) is 11.9. The number of rotatable bonds is 29. The molecule has 0 bridgehead atoms. The number of unbranched alkanes of at least 4 members (excludes halogenated alkanes) is 18. The van der Waals surface area contributed by atoms with Gasteiger partial charge in [-0.1, -0.05) is 241 Å². The van der Waals surface area contributed by atoms with Crippen LogP contribution in [-0.4, -0.2) is 28.8 Å². The van der Waals surface area contributed by atoms with E-state index in [4.69, 9.17) is 0 Å². The van der Waals surface area contributed by atoms with Crippen molar-refractivity contribution < 1.29 is 0 Å². The summed E-state index contributed by atoms with van der Waals surface area (Å²) in [6.45, 7) is 13.0. The minimum Gasteiger partial charge on any atom is -0.0808 e. The maximum absolute atomic E-state index is 3.03. The highest BCUT2D eigenvalue weighted by atomic mass is 32.7. The second-order valence-electron chi connectivity index (χ2n) is 22.0. The van der Waals surface area contributed by atoms with Gasteiger partial charge in [0.1, 0.15) is 0 Å². The third-order valence-corrected chi connectivity index (χ3v) is 48.7. The predicted octanol–water partition coefficient (Wildman–Crippen LogP) is 20.5. The van der Waals surface area contributed by atoms with E-state index in [1.54, 1.807) is 17.3 Å². The van der Waals surface area contributed by atoms with Crippen LogP contribution < -0.4 is 10.6 Å². The summed E-state index contributed by atoms with van der Waals surface area (Å²) < 4.78 is 0. The zero-order valence-corrected chi connectivity index (χ0v) is 46.9. The first-order chi connectivity index (χ1) is 32.5. The molecule has 7 rings (SSSR count). The predicted molar refractivity (Wildman–Crippen MR) is 306 cm³/mol. The number of hydrogen-bond donors (Lipinski definition) is 0. The highest BCUT2D eigenvalue weighted by Crippen LogP contribution is 3.13. The molecule has 66 heavy (non-hydrogen) atoms. The van der Waals surface area contributed by atoms with Gasteiger partial charge in [0.15, 0.2) is 0 Å². The Hall–Kier alpha value is -0.880. The van der Waals surface area contributed by atoms with Gasteiger partial charge in [0.25, 0.3) is 0 Å². The summed E-state index contributed by atoms with van der Waals surface area (Å²) in [5, 5.41) is 4.08. The maximum atomic E-state index is 3.03. The molecule has 4 aliphatic carbocycles. The average molecular weight is 966 g/mol. The lowest BCUT2D eigenvalue weighted by molar-refractivity contribution is 0.459. The molecule has 12 unspecified atom stereocenters. The van der Waals surface area contributed by atoms with E-state index in [2.05, 4.69) is 139 Å². The monoisotopic (exact) mass is 966 g/mol. The smallest absolute Gasteiger partial charge is 0.0808 e. The summed E-state index contributed by atoms with van der Waals surface area (Å²) in [5.74, 6) is 3.86. The van der Waals surface area contributed by atoms with Gasteiger partial charge >= 0.3 is 0 Å². The van der Waals surface area contributed by atoms with Gasteiger partial charge in [-0.2, -0.15) is 0 Å². The first kappa shape index (κ1) is 52.9. The van der Waals surface area contributed by atoms with E-state index in [1.807, 2.05) is 10.6 Å². The lowest BCUT2D eigenvalue weighted by atomic mass is 9.90. The highest BCUT2D eigenvalue weighted by molar-refractivity contribution is 8.82. The Labute approximate surface area is 412 Å². The topological polar surface area (TPSA) is 0 Å². The first-order valence-electron chi connectivity index (χ1n) is 28.6. The minimum absolute atomic E-state index is 0.252. The number of hydrogen-bond acceptors (Lipinski definition) is 0. The molecule has 2 saturated carbocycles. The molecule has 1 spiro atoms. The largest absolute Gasteiger partial charge is 0.0999 e. The lowest BCUT2D eigenvalue weighted by Crippen LogP contribution is -2.50. The van der Waals surface area contributed by atoms with Gasteiger partial charge in [-0.25, -0.2) is 0 Å². The number of aryl methyl sites for hydroxylation is 2. The van der Waals surface area contributed by atoms with Gasteiger partial charge in [0.05, 0.1) is 36.5 Å². The molecule has 2 aromatic rings. The lowest BCUT2D eigenvalue weighted by Gasteiger charge is -2.62. The highest BCUT2D eigenvalue weighted by Gasteiger charge is 2.78. The van der Waals surface area contributed by atoms with Crippen molar-refractivity contribution in [1.82, 2.24) is 0 Å². The van der Waals surface area contributed by atoms with Crippen molar-refractivity contribution >= 4 is 39.8 Å². The van der Waals surface area contributed by atoms with E-state index >= 15 is 0 Å². The van der Waals surface area contributed by atoms with Crippen LogP contribution >= 0.6 is 29.2 Å². The van der Waals surface area contributed by atoms with Crippen LogP contribution in [0, 0.1) is 43.4 Å². The molecule has 2 aromatic carbocycles. The van der Waals surface area contributed by atoms with Crippen LogP contribution in [0.25, 0.3) is 0 Å². The normalized spacial score (nSPS) is 31.9. The fourth-order valence-corrected chi connectivity index (χ4v) is 61.2. The first-order valence-corrected chi connectivity index (χ1v) is 37.0. The van der Waals surface area contributed by atoms with Crippen LogP contribution in [-0.2, 0) is 0 Å². The maximum Gasteiger partial charge on any atom is 0.0999 e. The van der Waals surface area contributed by atoms with Crippen molar-refractivity contribution in [1.29, 1.82) is 0 Å². The van der Waals surface area contributed by atoms with Gasteiger partial charge in [0, 0.05) is 5.66 Å². The zero-order chi connectivity index (χ0) is 46.2. The molecule has 4 heteroatoms. The SMILES string of the molecule is CCCCCCCCCC[P+]1(c2ccccc2C)C2C(CCCCCC)CC3C=CC=CC32P(c2ccccc2C)P(CCCCCCCCC)P1C1C(CCCCC)CC2C=CC=CC21. The van der Waals surface area contributed by atoms with Crippen LogP contribution in [0.2, 0.25) is 0 Å². The average Bonchev–Trinajstić information content (AvgIpc) is 3.87. The molecule has 0 radical (unpaired) electrons. The molecule has 1 saturated heterocycles. The molecule has 5 aliphatic rings. The molecule has 0 nitrogen and oxygen atoms in total.